The highest BCUT2D eigenvalue weighted by molar-refractivity contribution is 5.75. The smallest absolute Gasteiger partial charge is 0.133 e. The standard InChI is InChI=1S/C13H18O2/c1-9-5-6-13(10(2)7-9)15-12(4)8-11(3)14/h5-7,12H,8H2,1-4H3. The van der Waals surface area contributed by atoms with Gasteiger partial charge in [-0.3, -0.25) is 4.79 Å². The summed E-state index contributed by atoms with van der Waals surface area (Å²) < 4.78 is 5.69. The zero-order valence-electron chi connectivity index (χ0n) is 9.83. The van der Waals surface area contributed by atoms with Gasteiger partial charge in [0.15, 0.2) is 0 Å². The molecule has 1 aromatic rings. The third kappa shape index (κ3) is 3.74. The second kappa shape index (κ2) is 4.96. The van der Waals surface area contributed by atoms with E-state index in [2.05, 4.69) is 13.0 Å². The minimum atomic E-state index is -0.0519. The average molecular weight is 206 g/mol. The van der Waals surface area contributed by atoms with E-state index in [0.29, 0.717) is 6.42 Å². The maximum atomic E-state index is 10.9. The zero-order valence-corrected chi connectivity index (χ0v) is 9.83. The maximum Gasteiger partial charge on any atom is 0.133 e. The number of hydrogen-bond acceptors (Lipinski definition) is 2. The van der Waals surface area contributed by atoms with Crippen LogP contribution in [0.25, 0.3) is 0 Å². The number of aryl methyl sites for hydroxylation is 2. The highest BCUT2D eigenvalue weighted by Gasteiger charge is 2.08. The molecule has 0 fully saturated rings. The topological polar surface area (TPSA) is 26.3 Å². The van der Waals surface area contributed by atoms with Gasteiger partial charge in [-0.25, -0.2) is 0 Å². The number of carbonyl (C=O) groups is 1. The molecule has 0 N–H and O–H groups in total. The normalized spacial score (nSPS) is 12.3. The van der Waals surface area contributed by atoms with E-state index in [-0.39, 0.29) is 11.9 Å². The van der Waals surface area contributed by atoms with Crippen molar-refractivity contribution in [2.45, 2.75) is 40.2 Å². The average Bonchev–Trinajstić information content (AvgIpc) is 2.08. The summed E-state index contributed by atoms with van der Waals surface area (Å²) in [6, 6.07) is 6.06. The molecule has 0 aliphatic carbocycles. The lowest BCUT2D eigenvalue weighted by Crippen LogP contribution is -2.15. The summed E-state index contributed by atoms with van der Waals surface area (Å²) in [4.78, 5) is 10.9. The van der Waals surface area contributed by atoms with Crippen molar-refractivity contribution in [1.29, 1.82) is 0 Å². The van der Waals surface area contributed by atoms with Crippen LogP contribution in [-0.2, 0) is 4.79 Å². The Kier molecular flexibility index (Phi) is 3.89. The summed E-state index contributed by atoms with van der Waals surface area (Å²) >= 11 is 0. The van der Waals surface area contributed by atoms with Crippen LogP contribution in [0, 0.1) is 13.8 Å². The van der Waals surface area contributed by atoms with Crippen LogP contribution < -0.4 is 4.74 Å². The first-order valence-corrected chi connectivity index (χ1v) is 5.22. The van der Waals surface area contributed by atoms with Crippen molar-refractivity contribution in [3.63, 3.8) is 0 Å². The molecule has 0 amide bonds. The van der Waals surface area contributed by atoms with Crippen LogP contribution in [0.2, 0.25) is 0 Å². The van der Waals surface area contributed by atoms with Gasteiger partial charge in [0.25, 0.3) is 0 Å². The lowest BCUT2D eigenvalue weighted by Gasteiger charge is -2.15. The molecule has 1 atom stereocenters. The molecule has 82 valence electrons. The first kappa shape index (κ1) is 11.8. The van der Waals surface area contributed by atoms with Crippen LogP contribution in [0.3, 0.4) is 0 Å². The maximum absolute atomic E-state index is 10.9. The summed E-state index contributed by atoms with van der Waals surface area (Å²) in [5.74, 6) is 1.03. The van der Waals surface area contributed by atoms with Crippen LogP contribution in [0.15, 0.2) is 18.2 Å². The van der Waals surface area contributed by atoms with E-state index in [1.54, 1.807) is 6.92 Å². The van der Waals surface area contributed by atoms with Crippen molar-refractivity contribution in [3.8, 4) is 5.75 Å². The van der Waals surface area contributed by atoms with Crippen LogP contribution >= 0.6 is 0 Å². The summed E-state index contributed by atoms with van der Waals surface area (Å²) in [5, 5.41) is 0. The lowest BCUT2D eigenvalue weighted by molar-refractivity contribution is -0.118. The number of ketones is 1. The molecule has 2 heteroatoms. The second-order valence-corrected chi connectivity index (χ2v) is 4.10. The predicted octanol–water partition coefficient (Wildman–Crippen LogP) is 3.05. The Labute approximate surface area is 91.3 Å². The molecule has 1 rings (SSSR count). The Balaban J connectivity index is 2.68. The van der Waals surface area contributed by atoms with Gasteiger partial charge in [-0.1, -0.05) is 17.7 Å². The molecule has 0 bridgehead atoms. The molecule has 0 saturated carbocycles. The summed E-state index contributed by atoms with van der Waals surface area (Å²) in [7, 11) is 0. The molecular formula is C13H18O2. The summed E-state index contributed by atoms with van der Waals surface area (Å²) in [6.45, 7) is 7.57. The van der Waals surface area contributed by atoms with Gasteiger partial charge in [0.1, 0.15) is 17.6 Å². The first-order chi connectivity index (χ1) is 6.99. The van der Waals surface area contributed by atoms with Gasteiger partial charge in [-0.05, 0) is 39.3 Å². The van der Waals surface area contributed by atoms with Crippen LogP contribution in [0.5, 0.6) is 5.75 Å². The highest BCUT2D eigenvalue weighted by Crippen LogP contribution is 2.20. The predicted molar refractivity (Wildman–Crippen MR) is 61.3 cm³/mol. The Morgan fingerprint density at radius 2 is 2.07 bits per heavy atom. The number of ether oxygens (including phenoxy) is 1. The van der Waals surface area contributed by atoms with Crippen molar-refractivity contribution in [1.82, 2.24) is 0 Å². The molecule has 0 saturated heterocycles. The van der Waals surface area contributed by atoms with E-state index >= 15 is 0 Å². The van der Waals surface area contributed by atoms with E-state index in [1.807, 2.05) is 26.0 Å². The van der Waals surface area contributed by atoms with Gasteiger partial charge in [-0.2, -0.15) is 0 Å². The van der Waals surface area contributed by atoms with Crippen molar-refractivity contribution in [2.75, 3.05) is 0 Å². The Morgan fingerprint density at radius 1 is 1.40 bits per heavy atom. The molecule has 1 aromatic carbocycles. The van der Waals surface area contributed by atoms with Crippen molar-refractivity contribution >= 4 is 5.78 Å². The van der Waals surface area contributed by atoms with Crippen LogP contribution in [0.1, 0.15) is 31.4 Å². The molecule has 2 nitrogen and oxygen atoms in total. The minimum absolute atomic E-state index is 0.0519. The number of Topliss-reactive ketones (excluding diaryl/α,β-unsaturated/α-hetero) is 1. The molecule has 0 aliphatic heterocycles. The van der Waals surface area contributed by atoms with Crippen molar-refractivity contribution in [3.05, 3.63) is 29.3 Å². The van der Waals surface area contributed by atoms with Gasteiger partial charge in [0, 0.05) is 6.42 Å². The van der Waals surface area contributed by atoms with E-state index in [1.165, 1.54) is 5.56 Å². The van der Waals surface area contributed by atoms with Crippen LogP contribution in [-0.4, -0.2) is 11.9 Å². The summed E-state index contributed by atoms with van der Waals surface area (Å²) in [6.07, 6.45) is 0.414. The fraction of sp³-hybridized carbons (Fsp3) is 0.462. The second-order valence-electron chi connectivity index (χ2n) is 4.10. The molecule has 0 aromatic heterocycles. The number of rotatable bonds is 4. The number of benzene rings is 1. The van der Waals surface area contributed by atoms with Gasteiger partial charge in [0.2, 0.25) is 0 Å². The van der Waals surface area contributed by atoms with Crippen LogP contribution in [0.4, 0.5) is 0 Å². The summed E-state index contributed by atoms with van der Waals surface area (Å²) in [5.41, 5.74) is 2.34. The van der Waals surface area contributed by atoms with E-state index in [0.717, 1.165) is 11.3 Å². The molecular weight excluding hydrogens is 188 g/mol. The molecule has 0 aliphatic rings. The SMILES string of the molecule is CC(=O)CC(C)Oc1ccc(C)cc1C. The fourth-order valence-corrected chi connectivity index (χ4v) is 1.59. The third-order valence-corrected chi connectivity index (χ3v) is 2.23. The fourth-order valence-electron chi connectivity index (χ4n) is 1.59. The quantitative estimate of drug-likeness (QED) is 0.756. The first-order valence-electron chi connectivity index (χ1n) is 5.22. The van der Waals surface area contributed by atoms with Crippen molar-refractivity contribution < 1.29 is 9.53 Å². The number of carbonyl (C=O) groups excluding carboxylic acids is 1. The molecule has 1 unspecified atom stereocenters. The molecule has 0 spiro atoms. The Morgan fingerprint density at radius 3 is 2.60 bits per heavy atom. The number of hydrogen-bond donors (Lipinski definition) is 0. The van der Waals surface area contributed by atoms with Gasteiger partial charge < -0.3 is 4.74 Å². The lowest BCUT2D eigenvalue weighted by atomic mass is 10.1. The Bertz CT molecular complexity index is 356. The van der Waals surface area contributed by atoms with E-state index < -0.39 is 0 Å². The molecule has 15 heavy (non-hydrogen) atoms. The Hall–Kier alpha value is -1.31. The minimum Gasteiger partial charge on any atom is -0.490 e. The van der Waals surface area contributed by atoms with Crippen molar-refractivity contribution in [2.24, 2.45) is 0 Å². The van der Waals surface area contributed by atoms with E-state index in [9.17, 15) is 4.79 Å². The third-order valence-electron chi connectivity index (χ3n) is 2.23. The molecule has 0 heterocycles. The van der Waals surface area contributed by atoms with E-state index in [4.69, 9.17) is 4.74 Å². The zero-order chi connectivity index (χ0) is 11.4. The monoisotopic (exact) mass is 206 g/mol. The highest BCUT2D eigenvalue weighted by atomic mass is 16.5. The van der Waals surface area contributed by atoms with Gasteiger partial charge in [0.05, 0.1) is 0 Å². The van der Waals surface area contributed by atoms with Gasteiger partial charge >= 0.3 is 0 Å². The largest absolute Gasteiger partial charge is 0.490 e. The molecule has 0 radical (unpaired) electrons. The van der Waals surface area contributed by atoms with Gasteiger partial charge in [-0.15, -0.1) is 0 Å².